The molecular formula is C16H22Cl2N2O. The van der Waals surface area contributed by atoms with Crippen molar-refractivity contribution in [3.8, 4) is 0 Å². The summed E-state index contributed by atoms with van der Waals surface area (Å²) in [6.07, 6.45) is 2.33. The normalized spacial score (nSPS) is 18.8. The van der Waals surface area contributed by atoms with Crippen LogP contribution in [0.15, 0.2) is 18.2 Å². The minimum atomic E-state index is -0.0388. The summed E-state index contributed by atoms with van der Waals surface area (Å²) >= 11 is 12.2. The van der Waals surface area contributed by atoms with Crippen molar-refractivity contribution in [2.24, 2.45) is 5.92 Å². The molecule has 1 aromatic rings. The monoisotopic (exact) mass is 328 g/mol. The Morgan fingerprint density at radius 2 is 2.19 bits per heavy atom. The molecular weight excluding hydrogens is 307 g/mol. The first-order chi connectivity index (χ1) is 9.99. The third kappa shape index (κ3) is 4.35. The minimum absolute atomic E-state index is 0.0388. The van der Waals surface area contributed by atoms with E-state index in [1.807, 2.05) is 18.7 Å². The first-order valence-corrected chi connectivity index (χ1v) is 8.21. The van der Waals surface area contributed by atoms with Crippen LogP contribution < -0.4 is 5.32 Å². The molecule has 1 unspecified atom stereocenters. The van der Waals surface area contributed by atoms with Gasteiger partial charge >= 0.3 is 0 Å². The van der Waals surface area contributed by atoms with Crippen LogP contribution in [-0.2, 0) is 0 Å². The van der Waals surface area contributed by atoms with Gasteiger partial charge in [-0.2, -0.15) is 0 Å². The molecule has 0 aromatic heterocycles. The maximum atomic E-state index is 12.8. The SMILES string of the molecule is CC(C)N(CC1CCCNC1)C(=O)c1cc(Cl)ccc1Cl. The predicted octanol–water partition coefficient (Wildman–Crippen LogP) is 3.84. The standard InChI is InChI=1S/C16H22Cl2N2O/c1-11(2)20(10-12-4-3-7-19-9-12)16(21)14-8-13(17)5-6-15(14)18/h5-6,8,11-12,19H,3-4,7,9-10H2,1-2H3. The van der Waals surface area contributed by atoms with Crippen molar-refractivity contribution in [2.45, 2.75) is 32.7 Å². The molecule has 1 atom stereocenters. The highest BCUT2D eigenvalue weighted by molar-refractivity contribution is 6.35. The molecule has 1 saturated heterocycles. The van der Waals surface area contributed by atoms with Gasteiger partial charge in [-0.05, 0) is 63.9 Å². The number of piperidine rings is 1. The molecule has 0 spiro atoms. The highest BCUT2D eigenvalue weighted by Gasteiger charge is 2.25. The van der Waals surface area contributed by atoms with Gasteiger partial charge in [0.1, 0.15) is 0 Å². The summed E-state index contributed by atoms with van der Waals surface area (Å²) < 4.78 is 0. The fraction of sp³-hybridized carbons (Fsp3) is 0.562. The fourth-order valence-electron chi connectivity index (χ4n) is 2.70. The lowest BCUT2D eigenvalue weighted by atomic mass is 9.98. The summed E-state index contributed by atoms with van der Waals surface area (Å²) in [6.45, 7) is 6.87. The first kappa shape index (κ1) is 16.6. The van der Waals surface area contributed by atoms with Crippen molar-refractivity contribution in [1.29, 1.82) is 0 Å². The van der Waals surface area contributed by atoms with Gasteiger partial charge in [0.25, 0.3) is 5.91 Å². The van der Waals surface area contributed by atoms with Gasteiger partial charge < -0.3 is 10.2 Å². The Labute approximate surface area is 136 Å². The third-order valence-electron chi connectivity index (χ3n) is 3.90. The zero-order chi connectivity index (χ0) is 15.4. The molecule has 1 N–H and O–H groups in total. The molecule has 0 aliphatic carbocycles. The summed E-state index contributed by atoms with van der Waals surface area (Å²) in [4.78, 5) is 14.7. The first-order valence-electron chi connectivity index (χ1n) is 7.45. The molecule has 1 amide bonds. The largest absolute Gasteiger partial charge is 0.336 e. The van der Waals surface area contributed by atoms with Crippen LogP contribution in [0.5, 0.6) is 0 Å². The summed E-state index contributed by atoms with van der Waals surface area (Å²) in [5, 5.41) is 4.38. The van der Waals surface area contributed by atoms with Gasteiger partial charge in [-0.3, -0.25) is 4.79 Å². The van der Waals surface area contributed by atoms with Crippen molar-refractivity contribution in [3.63, 3.8) is 0 Å². The maximum absolute atomic E-state index is 12.8. The number of carbonyl (C=O) groups is 1. The zero-order valence-electron chi connectivity index (χ0n) is 12.5. The van der Waals surface area contributed by atoms with E-state index in [9.17, 15) is 4.79 Å². The predicted molar refractivity (Wildman–Crippen MR) is 88.2 cm³/mol. The van der Waals surface area contributed by atoms with Gasteiger partial charge in [0, 0.05) is 17.6 Å². The van der Waals surface area contributed by atoms with Crippen molar-refractivity contribution in [2.75, 3.05) is 19.6 Å². The molecule has 1 aliphatic heterocycles. The molecule has 1 heterocycles. The van der Waals surface area contributed by atoms with E-state index in [1.165, 1.54) is 6.42 Å². The molecule has 0 bridgehead atoms. The van der Waals surface area contributed by atoms with Gasteiger partial charge in [-0.1, -0.05) is 23.2 Å². The summed E-state index contributed by atoms with van der Waals surface area (Å²) in [6, 6.07) is 5.17. The van der Waals surface area contributed by atoms with E-state index < -0.39 is 0 Å². The van der Waals surface area contributed by atoms with E-state index in [4.69, 9.17) is 23.2 Å². The van der Waals surface area contributed by atoms with E-state index in [0.717, 1.165) is 26.1 Å². The smallest absolute Gasteiger partial charge is 0.255 e. The van der Waals surface area contributed by atoms with Crippen LogP contribution in [0.3, 0.4) is 0 Å². The van der Waals surface area contributed by atoms with Gasteiger partial charge in [0.15, 0.2) is 0 Å². The second kappa shape index (κ2) is 7.48. The van der Waals surface area contributed by atoms with Crippen LogP contribution in [-0.4, -0.2) is 36.5 Å². The molecule has 1 fully saturated rings. The van der Waals surface area contributed by atoms with Crippen molar-refractivity contribution >= 4 is 29.1 Å². The average molecular weight is 329 g/mol. The number of nitrogens with one attached hydrogen (secondary N) is 1. The maximum Gasteiger partial charge on any atom is 0.255 e. The third-order valence-corrected chi connectivity index (χ3v) is 4.46. The molecule has 1 aliphatic rings. The highest BCUT2D eigenvalue weighted by Crippen LogP contribution is 2.24. The van der Waals surface area contributed by atoms with E-state index in [-0.39, 0.29) is 11.9 Å². The van der Waals surface area contributed by atoms with Crippen LogP contribution in [0.25, 0.3) is 0 Å². The van der Waals surface area contributed by atoms with Crippen LogP contribution in [0, 0.1) is 5.92 Å². The molecule has 0 saturated carbocycles. The number of amides is 1. The topological polar surface area (TPSA) is 32.3 Å². The Kier molecular flexibility index (Phi) is 5.91. The van der Waals surface area contributed by atoms with Gasteiger partial charge in [0.2, 0.25) is 0 Å². The van der Waals surface area contributed by atoms with Crippen LogP contribution in [0.1, 0.15) is 37.0 Å². The van der Waals surface area contributed by atoms with Gasteiger partial charge in [-0.25, -0.2) is 0 Å². The number of rotatable bonds is 4. The fourth-order valence-corrected chi connectivity index (χ4v) is 3.07. The van der Waals surface area contributed by atoms with E-state index >= 15 is 0 Å². The second-order valence-electron chi connectivity index (χ2n) is 5.89. The Bertz CT molecular complexity index is 499. The Morgan fingerprint density at radius 3 is 2.81 bits per heavy atom. The number of benzene rings is 1. The van der Waals surface area contributed by atoms with Gasteiger partial charge in [-0.15, -0.1) is 0 Å². The number of carbonyl (C=O) groups excluding carboxylic acids is 1. The van der Waals surface area contributed by atoms with Crippen molar-refractivity contribution < 1.29 is 4.79 Å². The van der Waals surface area contributed by atoms with Crippen LogP contribution in [0.4, 0.5) is 0 Å². The lowest BCUT2D eigenvalue weighted by Gasteiger charge is -2.33. The van der Waals surface area contributed by atoms with Crippen LogP contribution >= 0.6 is 23.2 Å². The van der Waals surface area contributed by atoms with Crippen molar-refractivity contribution in [1.82, 2.24) is 10.2 Å². The number of halogens is 2. The minimum Gasteiger partial charge on any atom is -0.336 e. The molecule has 1 aromatic carbocycles. The van der Waals surface area contributed by atoms with Crippen LogP contribution in [0.2, 0.25) is 10.0 Å². The molecule has 21 heavy (non-hydrogen) atoms. The molecule has 116 valence electrons. The summed E-state index contributed by atoms with van der Waals surface area (Å²) in [5.74, 6) is 0.464. The molecule has 0 radical (unpaired) electrons. The summed E-state index contributed by atoms with van der Waals surface area (Å²) in [7, 11) is 0. The van der Waals surface area contributed by atoms with E-state index in [1.54, 1.807) is 18.2 Å². The van der Waals surface area contributed by atoms with E-state index in [0.29, 0.717) is 21.5 Å². The summed E-state index contributed by atoms with van der Waals surface area (Å²) in [5.41, 5.74) is 0.488. The quantitative estimate of drug-likeness (QED) is 0.910. The number of hydrogen-bond acceptors (Lipinski definition) is 2. The lowest BCUT2D eigenvalue weighted by molar-refractivity contribution is 0.0661. The molecule has 3 nitrogen and oxygen atoms in total. The van der Waals surface area contributed by atoms with E-state index in [2.05, 4.69) is 5.32 Å². The van der Waals surface area contributed by atoms with Crippen molar-refractivity contribution in [3.05, 3.63) is 33.8 Å². The number of hydrogen-bond donors (Lipinski definition) is 1. The second-order valence-corrected chi connectivity index (χ2v) is 6.73. The zero-order valence-corrected chi connectivity index (χ0v) is 14.0. The highest BCUT2D eigenvalue weighted by atomic mass is 35.5. The Morgan fingerprint density at radius 1 is 1.43 bits per heavy atom. The Hall–Kier alpha value is -0.770. The molecule has 5 heteroatoms. The average Bonchev–Trinajstić information content (AvgIpc) is 2.47. The molecule has 2 rings (SSSR count). The lowest BCUT2D eigenvalue weighted by Crippen LogP contribution is -2.44. The number of nitrogens with zero attached hydrogens (tertiary/aromatic N) is 1. The van der Waals surface area contributed by atoms with Gasteiger partial charge in [0.05, 0.1) is 10.6 Å². The Balaban J connectivity index is 2.16.